The zero-order chi connectivity index (χ0) is 23.5. The molecule has 2 N–H and O–H groups in total. The van der Waals surface area contributed by atoms with Crippen molar-refractivity contribution in [3.8, 4) is 5.69 Å². The fourth-order valence-electron chi connectivity index (χ4n) is 3.95. The van der Waals surface area contributed by atoms with E-state index >= 15 is 0 Å². The topological polar surface area (TPSA) is 112 Å². The normalized spacial score (nSPS) is 14.5. The van der Waals surface area contributed by atoms with E-state index in [9.17, 15) is 9.90 Å². The molecule has 1 aliphatic rings. The van der Waals surface area contributed by atoms with Gasteiger partial charge in [-0.15, -0.1) is 5.10 Å². The van der Waals surface area contributed by atoms with Crippen molar-refractivity contribution in [3.63, 3.8) is 0 Å². The second-order valence-electron chi connectivity index (χ2n) is 8.35. The molecule has 10 heteroatoms. The number of anilines is 2. The minimum atomic E-state index is 0.0516. The van der Waals surface area contributed by atoms with Gasteiger partial charge < -0.3 is 20.2 Å². The average molecular weight is 459 g/mol. The Morgan fingerprint density at radius 3 is 2.65 bits per heavy atom. The van der Waals surface area contributed by atoms with E-state index in [1.165, 1.54) is 0 Å². The summed E-state index contributed by atoms with van der Waals surface area (Å²) in [5.74, 6) is 0.455. The number of piperazine rings is 1. The Balaban J connectivity index is 1.34. The lowest BCUT2D eigenvalue weighted by Gasteiger charge is -2.32. The third kappa shape index (κ3) is 4.59. The molecule has 1 aliphatic heterocycles. The van der Waals surface area contributed by atoms with Crippen molar-refractivity contribution < 1.29 is 9.90 Å². The van der Waals surface area contributed by atoms with E-state index in [0.29, 0.717) is 29.1 Å². The lowest BCUT2D eigenvalue weighted by atomic mass is 10.1. The number of hydrogen-bond acceptors (Lipinski definition) is 8. The summed E-state index contributed by atoms with van der Waals surface area (Å²) >= 11 is 0. The van der Waals surface area contributed by atoms with Gasteiger partial charge in [-0.3, -0.25) is 4.79 Å². The maximum atomic E-state index is 12.8. The molecule has 0 spiro atoms. The maximum absolute atomic E-state index is 12.8. The molecule has 4 aromatic rings. The maximum Gasteiger partial charge on any atom is 0.253 e. The quantitative estimate of drug-likeness (QED) is 0.450. The fourth-order valence-corrected chi connectivity index (χ4v) is 3.95. The molecule has 2 aromatic heterocycles. The second-order valence-corrected chi connectivity index (χ2v) is 8.35. The van der Waals surface area contributed by atoms with E-state index in [-0.39, 0.29) is 12.5 Å². The summed E-state index contributed by atoms with van der Waals surface area (Å²) in [5.41, 5.74) is 4.40. The summed E-state index contributed by atoms with van der Waals surface area (Å²) in [4.78, 5) is 25.8. The van der Waals surface area contributed by atoms with Crippen LogP contribution in [0, 0.1) is 0 Å². The number of aliphatic hydroxyl groups excluding tert-OH is 1. The molecule has 0 saturated carbocycles. The van der Waals surface area contributed by atoms with Crippen molar-refractivity contribution in [3.05, 3.63) is 65.9 Å². The minimum Gasteiger partial charge on any atom is -0.396 e. The molecule has 174 valence electrons. The predicted octanol–water partition coefficient (Wildman–Crippen LogP) is 1.88. The number of amides is 1. The van der Waals surface area contributed by atoms with Crippen molar-refractivity contribution in [2.45, 2.75) is 6.42 Å². The number of nitrogens with zero attached hydrogens (tertiary/aromatic N) is 7. The van der Waals surface area contributed by atoms with Gasteiger partial charge in [0, 0.05) is 44.0 Å². The number of aliphatic hydroxyl groups is 1. The van der Waals surface area contributed by atoms with E-state index < -0.39 is 0 Å². The van der Waals surface area contributed by atoms with Crippen LogP contribution in [0.1, 0.15) is 15.9 Å². The molecular formula is C24H26N8O2. The van der Waals surface area contributed by atoms with E-state index in [0.717, 1.165) is 43.1 Å². The summed E-state index contributed by atoms with van der Waals surface area (Å²) in [7, 11) is 2.07. The van der Waals surface area contributed by atoms with E-state index in [1.807, 2.05) is 53.4 Å². The third-order valence-corrected chi connectivity index (χ3v) is 5.93. The van der Waals surface area contributed by atoms with Crippen molar-refractivity contribution in [2.24, 2.45) is 0 Å². The van der Waals surface area contributed by atoms with Crippen LogP contribution in [0.4, 0.5) is 11.6 Å². The molecule has 0 radical (unpaired) electrons. The number of likely N-dealkylation sites (N-methyl/N-ethyl adjacent to an activating group) is 1. The first-order valence-electron chi connectivity index (χ1n) is 11.2. The van der Waals surface area contributed by atoms with Gasteiger partial charge in [0.25, 0.3) is 5.91 Å². The van der Waals surface area contributed by atoms with Gasteiger partial charge in [0.15, 0.2) is 11.2 Å². The molecule has 34 heavy (non-hydrogen) atoms. The van der Waals surface area contributed by atoms with Crippen molar-refractivity contribution in [1.82, 2.24) is 34.8 Å². The number of rotatable bonds is 6. The smallest absolute Gasteiger partial charge is 0.253 e. The number of hydrogen-bond donors (Lipinski definition) is 2. The summed E-state index contributed by atoms with van der Waals surface area (Å²) in [6, 6.07) is 15.1. The minimum absolute atomic E-state index is 0.0516. The monoisotopic (exact) mass is 458 g/mol. The van der Waals surface area contributed by atoms with Crippen molar-refractivity contribution in [2.75, 3.05) is 45.2 Å². The zero-order valence-electron chi connectivity index (χ0n) is 18.9. The Kier molecular flexibility index (Phi) is 6.15. The first-order valence-corrected chi connectivity index (χ1v) is 11.2. The highest BCUT2D eigenvalue weighted by atomic mass is 16.3. The molecule has 0 unspecified atom stereocenters. The summed E-state index contributed by atoms with van der Waals surface area (Å²) in [6.45, 7) is 3.35. The standard InChI is InChI=1S/C24H26N8O2/c1-30-10-12-31(13-11-30)23(34)18-5-7-19(8-6-18)26-24-25-16-21-22(27-24)32(29-28-21)20-4-2-3-17(15-20)9-14-33/h2-8,15-16,33H,9-14H2,1H3,(H,25,26,27). The third-order valence-electron chi connectivity index (χ3n) is 5.93. The summed E-state index contributed by atoms with van der Waals surface area (Å²) in [6.07, 6.45) is 2.19. The molecule has 5 rings (SSSR count). The van der Waals surface area contributed by atoms with Gasteiger partial charge >= 0.3 is 0 Å². The summed E-state index contributed by atoms with van der Waals surface area (Å²) < 4.78 is 1.65. The van der Waals surface area contributed by atoms with Gasteiger partial charge in [-0.1, -0.05) is 17.3 Å². The van der Waals surface area contributed by atoms with E-state index in [1.54, 1.807) is 10.9 Å². The molecule has 1 amide bonds. The Hall–Kier alpha value is -3.89. The predicted molar refractivity (Wildman–Crippen MR) is 128 cm³/mol. The number of fused-ring (bicyclic) bond motifs is 1. The van der Waals surface area contributed by atoms with Gasteiger partial charge in [-0.05, 0) is 55.4 Å². The molecule has 10 nitrogen and oxygen atoms in total. The van der Waals surface area contributed by atoms with Crippen LogP contribution < -0.4 is 5.32 Å². The molecular weight excluding hydrogens is 432 g/mol. The zero-order valence-corrected chi connectivity index (χ0v) is 18.9. The largest absolute Gasteiger partial charge is 0.396 e. The van der Waals surface area contributed by atoms with Gasteiger partial charge in [0.05, 0.1) is 11.9 Å². The number of benzene rings is 2. The second kappa shape index (κ2) is 9.54. The Morgan fingerprint density at radius 2 is 1.88 bits per heavy atom. The molecule has 3 heterocycles. The summed E-state index contributed by atoms with van der Waals surface area (Å²) in [5, 5.41) is 20.8. The van der Waals surface area contributed by atoms with E-state index in [2.05, 4.69) is 37.5 Å². The Morgan fingerprint density at radius 1 is 1.09 bits per heavy atom. The molecule has 0 atom stereocenters. The number of nitrogens with one attached hydrogen (secondary N) is 1. The fraction of sp³-hybridized carbons (Fsp3) is 0.292. The highest BCUT2D eigenvalue weighted by Gasteiger charge is 2.20. The molecule has 0 bridgehead atoms. The van der Waals surface area contributed by atoms with Gasteiger partial charge in [0.1, 0.15) is 0 Å². The van der Waals surface area contributed by atoms with E-state index in [4.69, 9.17) is 0 Å². The van der Waals surface area contributed by atoms with Crippen LogP contribution in [-0.2, 0) is 6.42 Å². The Bertz CT molecular complexity index is 1300. The van der Waals surface area contributed by atoms with Crippen LogP contribution in [-0.4, -0.2) is 85.6 Å². The molecule has 2 aromatic carbocycles. The van der Waals surface area contributed by atoms with Crippen LogP contribution in [0.2, 0.25) is 0 Å². The first-order chi connectivity index (χ1) is 16.6. The number of carbonyl (C=O) groups excluding carboxylic acids is 1. The highest BCUT2D eigenvalue weighted by Crippen LogP contribution is 2.20. The molecule has 1 saturated heterocycles. The Labute approximate surface area is 196 Å². The van der Waals surface area contributed by atoms with Crippen LogP contribution in [0.15, 0.2) is 54.7 Å². The van der Waals surface area contributed by atoms with Crippen LogP contribution in [0.5, 0.6) is 0 Å². The lowest BCUT2D eigenvalue weighted by Crippen LogP contribution is -2.47. The molecule has 1 fully saturated rings. The van der Waals surface area contributed by atoms with Crippen molar-refractivity contribution in [1.29, 1.82) is 0 Å². The van der Waals surface area contributed by atoms with Crippen LogP contribution in [0.25, 0.3) is 16.9 Å². The number of aromatic nitrogens is 5. The van der Waals surface area contributed by atoms with Crippen LogP contribution >= 0.6 is 0 Å². The SMILES string of the molecule is CN1CCN(C(=O)c2ccc(Nc3ncc4nnn(-c5cccc(CCO)c5)c4n3)cc2)CC1. The number of carbonyl (C=O) groups is 1. The average Bonchev–Trinajstić information content (AvgIpc) is 3.28. The molecule has 0 aliphatic carbocycles. The van der Waals surface area contributed by atoms with Gasteiger partial charge in [-0.25, -0.2) is 4.98 Å². The van der Waals surface area contributed by atoms with Crippen molar-refractivity contribution >= 4 is 28.7 Å². The first kappa shape index (κ1) is 21.9. The highest BCUT2D eigenvalue weighted by molar-refractivity contribution is 5.94. The van der Waals surface area contributed by atoms with Crippen LogP contribution in [0.3, 0.4) is 0 Å². The van der Waals surface area contributed by atoms with Gasteiger partial charge in [0.2, 0.25) is 5.95 Å². The lowest BCUT2D eigenvalue weighted by molar-refractivity contribution is 0.0664. The van der Waals surface area contributed by atoms with Gasteiger partial charge in [-0.2, -0.15) is 9.67 Å².